The molecule has 2 aliphatic carbocycles. The predicted molar refractivity (Wildman–Crippen MR) is 133 cm³/mol. The average Bonchev–Trinajstić information content (AvgIpc) is 3.61. The molecule has 4 aliphatic rings. The third-order valence-electron chi connectivity index (χ3n) is 9.23. The monoisotopic (exact) mass is 471 g/mol. The van der Waals surface area contributed by atoms with Gasteiger partial charge in [-0.1, -0.05) is 31.3 Å². The lowest BCUT2D eigenvalue weighted by atomic mass is 9.79. The number of rotatable bonds is 6. The Balaban J connectivity index is 1.16. The molecule has 0 radical (unpaired) electrons. The normalized spacial score (nSPS) is 29.4. The highest BCUT2D eigenvalue weighted by atomic mass is 16.5. The molecule has 7 heteroatoms. The topological polar surface area (TPSA) is 65.7 Å². The molecule has 1 aromatic rings. The lowest BCUT2D eigenvalue weighted by Crippen LogP contribution is -2.54. The van der Waals surface area contributed by atoms with Gasteiger partial charge in [0, 0.05) is 69.1 Å². The Hall–Kier alpha value is -1.47. The molecule has 2 aliphatic heterocycles. The van der Waals surface area contributed by atoms with E-state index in [0.717, 1.165) is 70.2 Å². The van der Waals surface area contributed by atoms with E-state index in [4.69, 9.17) is 9.51 Å². The second kappa shape index (κ2) is 10.3. The van der Waals surface area contributed by atoms with Crippen LogP contribution in [0.25, 0.3) is 0 Å². The summed E-state index contributed by atoms with van der Waals surface area (Å²) in [6.07, 6.45) is 11.3. The summed E-state index contributed by atoms with van der Waals surface area (Å²) in [6, 6.07) is 1.21. The van der Waals surface area contributed by atoms with Crippen LogP contribution in [0.2, 0.25) is 0 Å². The number of nitrogens with zero attached hydrogens (tertiary/aromatic N) is 5. The van der Waals surface area contributed by atoms with Crippen LogP contribution in [-0.4, -0.2) is 82.1 Å². The smallest absolute Gasteiger partial charge is 0.229 e. The highest BCUT2D eigenvalue weighted by molar-refractivity contribution is 5.76. The molecule has 1 aromatic heterocycles. The summed E-state index contributed by atoms with van der Waals surface area (Å²) in [5.74, 6) is 3.04. The highest BCUT2D eigenvalue weighted by Gasteiger charge is 2.40. The Bertz CT molecular complexity index is 819. The number of aromatic nitrogens is 2. The van der Waals surface area contributed by atoms with E-state index in [2.05, 4.69) is 40.6 Å². The first-order valence-electron chi connectivity index (χ1n) is 14.0. The second-order valence-electron chi connectivity index (χ2n) is 12.0. The minimum atomic E-state index is -0.0750. The van der Waals surface area contributed by atoms with Crippen molar-refractivity contribution in [1.29, 1.82) is 0 Å². The Labute approximate surface area is 205 Å². The maximum absolute atomic E-state index is 13.4. The lowest BCUT2D eigenvalue weighted by Gasteiger charge is -2.43. The van der Waals surface area contributed by atoms with Gasteiger partial charge in [0.05, 0.1) is 0 Å². The number of carbonyl (C=O) groups is 1. The minimum absolute atomic E-state index is 0.0750. The van der Waals surface area contributed by atoms with Crippen molar-refractivity contribution < 1.29 is 9.32 Å². The van der Waals surface area contributed by atoms with E-state index in [-0.39, 0.29) is 5.41 Å². The van der Waals surface area contributed by atoms with Gasteiger partial charge in [0.15, 0.2) is 5.82 Å². The molecule has 190 valence electrons. The number of carbonyl (C=O) groups excluding carboxylic acids is 1. The minimum Gasteiger partial charge on any atom is -0.343 e. The van der Waals surface area contributed by atoms with Crippen molar-refractivity contribution >= 4 is 5.91 Å². The summed E-state index contributed by atoms with van der Waals surface area (Å²) >= 11 is 0. The van der Waals surface area contributed by atoms with Crippen LogP contribution in [0.4, 0.5) is 0 Å². The van der Waals surface area contributed by atoms with E-state index in [0.29, 0.717) is 29.8 Å². The van der Waals surface area contributed by atoms with Crippen LogP contribution in [0.1, 0.15) is 103 Å². The molecule has 1 amide bonds. The van der Waals surface area contributed by atoms with Crippen LogP contribution in [0.3, 0.4) is 0 Å². The van der Waals surface area contributed by atoms with Gasteiger partial charge in [-0.3, -0.25) is 14.6 Å². The van der Waals surface area contributed by atoms with E-state index in [1.54, 1.807) is 0 Å². The maximum atomic E-state index is 13.4. The van der Waals surface area contributed by atoms with Crippen LogP contribution in [0, 0.1) is 5.92 Å². The average molecular weight is 472 g/mol. The summed E-state index contributed by atoms with van der Waals surface area (Å²) in [5.41, 5.74) is -0.0750. The van der Waals surface area contributed by atoms with Crippen molar-refractivity contribution in [3.63, 3.8) is 0 Å². The Morgan fingerprint density at radius 1 is 1.00 bits per heavy atom. The van der Waals surface area contributed by atoms with Crippen LogP contribution >= 0.6 is 0 Å². The summed E-state index contributed by atoms with van der Waals surface area (Å²) in [5, 5.41) is 4.33. The Morgan fingerprint density at radius 2 is 1.71 bits per heavy atom. The van der Waals surface area contributed by atoms with Gasteiger partial charge in [0.25, 0.3) is 0 Å². The van der Waals surface area contributed by atoms with Gasteiger partial charge in [-0.2, -0.15) is 4.98 Å². The standard InChI is InChI=1S/C27H45N5O2/c1-20(2)30-15-17-31(18-16-30)23-8-6-4-5-7-22(23)19-24(33)32-13-11-27(3,12-14-32)26-28-25(34-29-26)21-9-10-21/h20-23H,4-19H2,1-3H3/t22-,23?/m1/s1. The van der Waals surface area contributed by atoms with E-state index in [9.17, 15) is 4.79 Å². The van der Waals surface area contributed by atoms with Crippen molar-refractivity contribution in [2.45, 2.75) is 108 Å². The van der Waals surface area contributed by atoms with Gasteiger partial charge in [0.1, 0.15) is 0 Å². The summed E-state index contributed by atoms with van der Waals surface area (Å²) in [7, 11) is 0. The number of piperidine rings is 1. The Kier molecular flexibility index (Phi) is 7.31. The number of likely N-dealkylation sites (tertiary alicyclic amines) is 1. The zero-order chi connectivity index (χ0) is 23.7. The molecular formula is C27H45N5O2. The van der Waals surface area contributed by atoms with Crippen molar-refractivity contribution in [2.75, 3.05) is 39.3 Å². The molecule has 3 heterocycles. The number of hydrogen-bond acceptors (Lipinski definition) is 6. The van der Waals surface area contributed by atoms with E-state index < -0.39 is 0 Å². The molecule has 0 aromatic carbocycles. The maximum Gasteiger partial charge on any atom is 0.229 e. The fourth-order valence-electron chi connectivity index (χ4n) is 6.47. The fraction of sp³-hybridized carbons (Fsp3) is 0.889. The van der Waals surface area contributed by atoms with Gasteiger partial charge < -0.3 is 9.42 Å². The number of piperazine rings is 1. The first kappa shape index (κ1) is 24.2. The lowest BCUT2D eigenvalue weighted by molar-refractivity contribution is -0.134. The summed E-state index contributed by atoms with van der Waals surface area (Å²) < 4.78 is 5.53. The Morgan fingerprint density at radius 3 is 2.38 bits per heavy atom. The van der Waals surface area contributed by atoms with Gasteiger partial charge in [-0.15, -0.1) is 0 Å². The molecule has 34 heavy (non-hydrogen) atoms. The van der Waals surface area contributed by atoms with Crippen molar-refractivity contribution in [1.82, 2.24) is 24.8 Å². The van der Waals surface area contributed by atoms with Gasteiger partial charge >= 0.3 is 0 Å². The highest BCUT2D eigenvalue weighted by Crippen LogP contribution is 2.41. The quantitative estimate of drug-likeness (QED) is 0.580. The van der Waals surface area contributed by atoms with Crippen LogP contribution in [-0.2, 0) is 10.2 Å². The van der Waals surface area contributed by atoms with Gasteiger partial charge in [-0.25, -0.2) is 0 Å². The summed E-state index contributed by atoms with van der Waals surface area (Å²) in [4.78, 5) is 25.6. The third-order valence-corrected chi connectivity index (χ3v) is 9.23. The van der Waals surface area contributed by atoms with Crippen molar-refractivity contribution in [2.24, 2.45) is 5.92 Å². The molecule has 7 nitrogen and oxygen atoms in total. The zero-order valence-electron chi connectivity index (χ0n) is 21.7. The molecule has 2 saturated carbocycles. The fourth-order valence-corrected chi connectivity index (χ4v) is 6.47. The second-order valence-corrected chi connectivity index (χ2v) is 12.0. The molecule has 2 saturated heterocycles. The first-order chi connectivity index (χ1) is 16.4. The molecule has 1 unspecified atom stereocenters. The largest absolute Gasteiger partial charge is 0.343 e. The summed E-state index contributed by atoms with van der Waals surface area (Å²) in [6.45, 7) is 13.1. The third kappa shape index (κ3) is 5.35. The molecule has 0 N–H and O–H groups in total. The molecule has 0 spiro atoms. The van der Waals surface area contributed by atoms with Gasteiger partial charge in [0.2, 0.25) is 11.8 Å². The predicted octanol–water partition coefficient (Wildman–Crippen LogP) is 4.19. The van der Waals surface area contributed by atoms with E-state index in [1.807, 2.05) is 0 Å². The van der Waals surface area contributed by atoms with E-state index >= 15 is 0 Å². The van der Waals surface area contributed by atoms with Crippen LogP contribution in [0.15, 0.2) is 4.52 Å². The van der Waals surface area contributed by atoms with Crippen molar-refractivity contribution in [3.05, 3.63) is 11.7 Å². The first-order valence-corrected chi connectivity index (χ1v) is 14.0. The van der Waals surface area contributed by atoms with Crippen LogP contribution in [0.5, 0.6) is 0 Å². The molecule has 5 rings (SSSR count). The zero-order valence-corrected chi connectivity index (χ0v) is 21.7. The molecule has 4 fully saturated rings. The van der Waals surface area contributed by atoms with E-state index in [1.165, 1.54) is 44.9 Å². The molecule has 0 bridgehead atoms. The SMILES string of the molecule is CC(C)N1CCN(C2CCCCC[C@@H]2CC(=O)N2CCC(C)(c3noc(C4CC4)n3)CC2)CC1. The van der Waals surface area contributed by atoms with Gasteiger partial charge in [-0.05, 0) is 58.3 Å². The molecule has 2 atom stereocenters. The van der Waals surface area contributed by atoms with Crippen molar-refractivity contribution in [3.8, 4) is 0 Å². The van der Waals surface area contributed by atoms with Crippen LogP contribution < -0.4 is 0 Å². The molecular weight excluding hydrogens is 426 g/mol. The number of hydrogen-bond donors (Lipinski definition) is 0. The number of amides is 1.